The maximum absolute atomic E-state index is 15.4. The molecule has 1 saturated heterocycles. The highest BCUT2D eigenvalue weighted by Crippen LogP contribution is 2.57. The normalized spacial score (nSPS) is 24.3. The Bertz CT molecular complexity index is 1440. The number of hydrogen-bond donors (Lipinski definition) is 1. The molecule has 7 nitrogen and oxygen atoms in total. The van der Waals surface area contributed by atoms with Crippen LogP contribution in [0.4, 0.5) is 23.6 Å². The minimum Gasteiger partial charge on any atom is -0.407 e. The largest absolute Gasteiger partial charge is 0.407 e. The van der Waals surface area contributed by atoms with Crippen LogP contribution in [-0.2, 0) is 22.0 Å². The Morgan fingerprint density at radius 1 is 1.11 bits per heavy atom. The van der Waals surface area contributed by atoms with E-state index >= 15 is 8.78 Å². The van der Waals surface area contributed by atoms with Gasteiger partial charge >= 0.3 is 6.01 Å². The lowest BCUT2D eigenvalue weighted by Crippen LogP contribution is -2.51. The van der Waals surface area contributed by atoms with Crippen molar-refractivity contribution in [3.05, 3.63) is 89.3 Å². The van der Waals surface area contributed by atoms with Gasteiger partial charge in [-0.3, -0.25) is 0 Å². The molecule has 3 aromatic rings. The third-order valence-corrected chi connectivity index (χ3v) is 9.45. The molecule has 2 atom stereocenters. The molecule has 37 heavy (non-hydrogen) atoms. The van der Waals surface area contributed by atoms with Gasteiger partial charge in [0.15, 0.2) is 0 Å². The molecule has 1 saturated carbocycles. The average Bonchev–Trinajstić information content (AvgIpc) is 3.27. The molecule has 5 rings (SSSR count). The highest BCUT2D eigenvalue weighted by atomic mass is 32.2. The number of aromatic nitrogens is 2. The van der Waals surface area contributed by atoms with Crippen LogP contribution in [0, 0.1) is 11.6 Å². The van der Waals surface area contributed by atoms with Crippen LogP contribution < -0.4 is 5.73 Å². The lowest BCUT2D eigenvalue weighted by atomic mass is 9.61. The Morgan fingerprint density at radius 2 is 1.81 bits per heavy atom. The minimum absolute atomic E-state index is 0.239. The molecule has 12 heteroatoms. The summed E-state index contributed by atoms with van der Waals surface area (Å²) in [4.78, 5) is 0. The van der Waals surface area contributed by atoms with Crippen LogP contribution in [0.5, 0.6) is 0 Å². The molecule has 0 spiro atoms. The lowest BCUT2D eigenvalue weighted by molar-refractivity contribution is -0.121. The summed E-state index contributed by atoms with van der Waals surface area (Å²) >= 11 is 0. The molecule has 1 aliphatic carbocycles. The van der Waals surface area contributed by atoms with Gasteiger partial charge in [-0.1, -0.05) is 41.5 Å². The summed E-state index contributed by atoms with van der Waals surface area (Å²) in [5.41, 5.74) is 3.66. The van der Waals surface area contributed by atoms with Gasteiger partial charge in [0.05, 0.1) is 5.41 Å². The molecule has 2 heterocycles. The molecule has 1 aliphatic heterocycles. The first-order valence-electron chi connectivity index (χ1n) is 11.6. The number of nitrogens with zero attached hydrogens (tertiary/aromatic N) is 3. The van der Waals surface area contributed by atoms with E-state index in [-0.39, 0.29) is 23.0 Å². The number of alkyl halides is 2. The fraction of sp³-hybridized carbons (Fsp3) is 0.360. The molecular formula is C25H24F4N4O3S. The number of hydrogen-bond acceptors (Lipinski definition) is 6. The summed E-state index contributed by atoms with van der Waals surface area (Å²) in [5.74, 6) is -5.42. The number of sulfonamides is 1. The molecule has 0 bridgehead atoms. The van der Waals surface area contributed by atoms with Gasteiger partial charge in [-0.05, 0) is 30.5 Å². The van der Waals surface area contributed by atoms with E-state index in [9.17, 15) is 17.2 Å². The Hall–Kier alpha value is -3.25. The van der Waals surface area contributed by atoms with Crippen molar-refractivity contribution in [2.45, 2.75) is 54.9 Å². The number of nitrogens with two attached hydrogens (primary N) is 1. The Kier molecular flexibility index (Phi) is 6.14. The second kappa shape index (κ2) is 8.95. The molecule has 0 amide bonds. The third kappa shape index (κ3) is 4.31. The van der Waals surface area contributed by atoms with Gasteiger partial charge < -0.3 is 10.2 Å². The van der Waals surface area contributed by atoms with Crippen molar-refractivity contribution in [1.29, 1.82) is 0 Å². The summed E-state index contributed by atoms with van der Waals surface area (Å²) < 4.78 is 92.1. The summed E-state index contributed by atoms with van der Waals surface area (Å²) in [6.07, 6.45) is 0.526. The van der Waals surface area contributed by atoms with Crippen LogP contribution in [0.15, 0.2) is 59.5 Å². The molecule has 1 aromatic heterocycles. The molecule has 2 aromatic carbocycles. The summed E-state index contributed by atoms with van der Waals surface area (Å²) in [6, 6.07) is 9.29. The Labute approximate surface area is 211 Å². The van der Waals surface area contributed by atoms with Crippen molar-refractivity contribution >= 4 is 16.0 Å². The smallest absolute Gasteiger partial charge is 0.312 e. The van der Waals surface area contributed by atoms with Crippen molar-refractivity contribution in [2.24, 2.45) is 0 Å². The van der Waals surface area contributed by atoms with Crippen molar-refractivity contribution in [3.63, 3.8) is 0 Å². The van der Waals surface area contributed by atoms with E-state index in [4.69, 9.17) is 10.2 Å². The van der Waals surface area contributed by atoms with Gasteiger partial charge in [-0.15, -0.1) is 11.7 Å². The predicted octanol–water partition coefficient (Wildman–Crippen LogP) is 4.87. The van der Waals surface area contributed by atoms with E-state index in [0.717, 1.165) is 16.4 Å². The maximum atomic E-state index is 15.4. The van der Waals surface area contributed by atoms with Crippen LogP contribution in [-0.4, -0.2) is 34.9 Å². The standard InChI is InChI=1S/C25H24F4N4O3S/c1-2-17-8-9-21(15-6-4-3-5-7-15)37(34,35)33(17)12-16-10-20(27)18(11-19(16)26)24(13-25(28,29)14-24)22-31-32-23(30)36-22/h2-7,10-11,17,21H,1,8-9,12-14H2,(H2,30,32)/t17-,21+/m0/s1. The number of rotatable bonds is 6. The van der Waals surface area contributed by atoms with Gasteiger partial charge in [0.25, 0.3) is 5.92 Å². The summed E-state index contributed by atoms with van der Waals surface area (Å²) in [5, 5.41) is 6.27. The zero-order valence-corrected chi connectivity index (χ0v) is 20.4. The number of halogens is 4. The van der Waals surface area contributed by atoms with E-state index in [1.165, 1.54) is 6.08 Å². The molecule has 0 radical (unpaired) electrons. The van der Waals surface area contributed by atoms with E-state index in [1.54, 1.807) is 30.3 Å². The van der Waals surface area contributed by atoms with Crippen molar-refractivity contribution in [3.8, 4) is 0 Å². The topological polar surface area (TPSA) is 102 Å². The van der Waals surface area contributed by atoms with Crippen molar-refractivity contribution in [2.75, 3.05) is 5.73 Å². The highest BCUT2D eigenvalue weighted by Gasteiger charge is 2.62. The summed E-state index contributed by atoms with van der Waals surface area (Å²) in [6.45, 7) is 3.26. The van der Waals surface area contributed by atoms with E-state index in [0.29, 0.717) is 18.4 Å². The van der Waals surface area contributed by atoms with Crippen molar-refractivity contribution in [1.82, 2.24) is 14.5 Å². The van der Waals surface area contributed by atoms with Crippen LogP contribution in [0.1, 0.15) is 53.5 Å². The first-order valence-corrected chi connectivity index (χ1v) is 13.1. The zero-order chi connectivity index (χ0) is 26.6. The molecule has 0 unspecified atom stereocenters. The SMILES string of the molecule is C=C[C@H]1CC[C@H](c2ccccc2)S(=O)(=O)N1Cc1cc(F)c(C2(c3nnc(N)o3)CC(F)(F)C2)cc1F. The number of nitrogen functional groups attached to an aromatic ring is 1. The average molecular weight is 537 g/mol. The van der Waals surface area contributed by atoms with Gasteiger partial charge in [-0.2, -0.15) is 4.31 Å². The molecule has 196 valence electrons. The Balaban J connectivity index is 1.51. The lowest BCUT2D eigenvalue weighted by Gasteiger charge is -2.45. The fourth-order valence-corrected chi connectivity index (χ4v) is 7.53. The van der Waals surface area contributed by atoms with Gasteiger partial charge in [0, 0.05) is 36.6 Å². The van der Waals surface area contributed by atoms with E-state index in [2.05, 4.69) is 16.8 Å². The minimum atomic E-state index is -3.97. The van der Waals surface area contributed by atoms with E-state index in [1.807, 2.05) is 0 Å². The molecular weight excluding hydrogens is 512 g/mol. The first-order chi connectivity index (χ1) is 17.5. The second-order valence-electron chi connectivity index (χ2n) is 9.53. The number of anilines is 1. The van der Waals surface area contributed by atoms with E-state index < -0.39 is 63.7 Å². The van der Waals surface area contributed by atoms with Gasteiger partial charge in [0.2, 0.25) is 15.9 Å². The van der Waals surface area contributed by atoms with Crippen molar-refractivity contribution < 1.29 is 30.4 Å². The molecule has 2 fully saturated rings. The summed E-state index contributed by atoms with van der Waals surface area (Å²) in [7, 11) is -3.97. The second-order valence-corrected chi connectivity index (χ2v) is 11.6. The van der Waals surface area contributed by atoms with Gasteiger partial charge in [0.1, 0.15) is 16.9 Å². The van der Waals surface area contributed by atoms with Crippen LogP contribution >= 0.6 is 0 Å². The van der Waals surface area contributed by atoms with Crippen LogP contribution in [0.25, 0.3) is 0 Å². The molecule has 2 aliphatic rings. The Morgan fingerprint density at radius 3 is 2.41 bits per heavy atom. The predicted molar refractivity (Wildman–Crippen MR) is 127 cm³/mol. The number of benzene rings is 2. The fourth-order valence-electron chi connectivity index (χ4n) is 5.38. The monoisotopic (exact) mass is 536 g/mol. The third-order valence-electron chi connectivity index (χ3n) is 7.17. The van der Waals surface area contributed by atoms with Gasteiger partial charge in [-0.25, -0.2) is 26.0 Å². The zero-order valence-electron chi connectivity index (χ0n) is 19.6. The maximum Gasteiger partial charge on any atom is 0.312 e. The first kappa shape index (κ1) is 25.4. The molecule has 2 N–H and O–H groups in total. The van der Waals surface area contributed by atoms with Crippen LogP contribution in [0.2, 0.25) is 0 Å². The quantitative estimate of drug-likeness (QED) is 0.356. The van der Waals surface area contributed by atoms with Crippen LogP contribution in [0.3, 0.4) is 0 Å². The highest BCUT2D eigenvalue weighted by molar-refractivity contribution is 7.89.